The highest BCUT2D eigenvalue weighted by atomic mass is 16.5. The molecule has 0 aliphatic heterocycles. The van der Waals surface area contributed by atoms with Crippen molar-refractivity contribution < 1.29 is 9.26 Å². The first-order valence-electron chi connectivity index (χ1n) is 5.08. The predicted octanol–water partition coefficient (Wildman–Crippen LogP) is 2.07. The van der Waals surface area contributed by atoms with Gasteiger partial charge in [0.2, 0.25) is 0 Å². The van der Waals surface area contributed by atoms with Gasteiger partial charge in [0.05, 0.1) is 12.8 Å². The van der Waals surface area contributed by atoms with Crippen molar-refractivity contribution in [2.24, 2.45) is 0 Å². The fraction of sp³-hybridized carbons (Fsp3) is 0.250. The molecule has 0 fully saturated rings. The van der Waals surface area contributed by atoms with Gasteiger partial charge in [-0.2, -0.15) is 0 Å². The smallest absolute Gasteiger partial charge is 0.167 e. The molecule has 0 spiro atoms. The molecule has 0 aliphatic rings. The SMILES string of the molecule is CNCc1cc(-c2ccc(OC)cc2)on1. The number of nitrogens with one attached hydrogen (secondary N) is 1. The third kappa shape index (κ3) is 2.23. The van der Waals surface area contributed by atoms with Crippen LogP contribution in [0.25, 0.3) is 11.3 Å². The van der Waals surface area contributed by atoms with E-state index < -0.39 is 0 Å². The quantitative estimate of drug-likeness (QED) is 0.853. The van der Waals surface area contributed by atoms with E-state index in [1.165, 1.54) is 0 Å². The molecule has 0 unspecified atom stereocenters. The number of hydrogen-bond donors (Lipinski definition) is 1. The minimum Gasteiger partial charge on any atom is -0.497 e. The first kappa shape index (κ1) is 10.7. The van der Waals surface area contributed by atoms with Gasteiger partial charge in [-0.15, -0.1) is 0 Å². The molecule has 0 saturated heterocycles. The van der Waals surface area contributed by atoms with Gasteiger partial charge < -0.3 is 14.6 Å². The van der Waals surface area contributed by atoms with Crippen LogP contribution < -0.4 is 10.1 Å². The molecule has 2 rings (SSSR count). The third-order valence-corrected chi connectivity index (χ3v) is 2.29. The topological polar surface area (TPSA) is 47.3 Å². The molecule has 0 saturated carbocycles. The Morgan fingerprint density at radius 2 is 2.06 bits per heavy atom. The van der Waals surface area contributed by atoms with Crippen molar-refractivity contribution in [2.75, 3.05) is 14.2 Å². The maximum atomic E-state index is 5.25. The van der Waals surface area contributed by atoms with E-state index in [0.29, 0.717) is 6.54 Å². The molecule has 1 aromatic heterocycles. The van der Waals surface area contributed by atoms with Crippen molar-refractivity contribution in [1.29, 1.82) is 0 Å². The van der Waals surface area contributed by atoms with E-state index in [-0.39, 0.29) is 0 Å². The Balaban J connectivity index is 2.21. The molecule has 84 valence electrons. The summed E-state index contributed by atoms with van der Waals surface area (Å²) in [6, 6.07) is 9.62. The molecular formula is C12H14N2O2. The predicted molar refractivity (Wildman–Crippen MR) is 61.3 cm³/mol. The number of methoxy groups -OCH3 is 1. The van der Waals surface area contributed by atoms with Gasteiger partial charge in [0.25, 0.3) is 0 Å². The Morgan fingerprint density at radius 1 is 1.31 bits per heavy atom. The van der Waals surface area contributed by atoms with Crippen LogP contribution in [0.2, 0.25) is 0 Å². The van der Waals surface area contributed by atoms with Gasteiger partial charge in [0.1, 0.15) is 5.75 Å². The minimum absolute atomic E-state index is 0.708. The van der Waals surface area contributed by atoms with E-state index in [4.69, 9.17) is 9.26 Å². The van der Waals surface area contributed by atoms with Crippen molar-refractivity contribution in [3.63, 3.8) is 0 Å². The van der Waals surface area contributed by atoms with Crippen LogP contribution in [0.3, 0.4) is 0 Å². The number of ether oxygens (including phenoxy) is 1. The Kier molecular flexibility index (Phi) is 3.22. The lowest BCUT2D eigenvalue weighted by Crippen LogP contribution is -2.04. The molecular weight excluding hydrogens is 204 g/mol. The fourth-order valence-corrected chi connectivity index (χ4v) is 1.47. The highest BCUT2D eigenvalue weighted by molar-refractivity contribution is 5.58. The third-order valence-electron chi connectivity index (χ3n) is 2.29. The molecule has 0 aliphatic carbocycles. The fourth-order valence-electron chi connectivity index (χ4n) is 1.47. The summed E-state index contributed by atoms with van der Waals surface area (Å²) < 4.78 is 10.3. The Bertz CT molecular complexity index is 448. The number of nitrogens with zero attached hydrogens (tertiary/aromatic N) is 1. The van der Waals surface area contributed by atoms with Gasteiger partial charge in [-0.05, 0) is 31.3 Å². The van der Waals surface area contributed by atoms with Gasteiger partial charge in [-0.1, -0.05) is 5.16 Å². The van der Waals surface area contributed by atoms with Gasteiger partial charge in [0.15, 0.2) is 5.76 Å². The summed E-state index contributed by atoms with van der Waals surface area (Å²) in [4.78, 5) is 0. The number of aromatic nitrogens is 1. The van der Waals surface area contributed by atoms with Gasteiger partial charge in [-0.3, -0.25) is 0 Å². The number of rotatable bonds is 4. The van der Waals surface area contributed by atoms with Crippen LogP contribution in [-0.2, 0) is 6.54 Å². The Hall–Kier alpha value is -1.81. The summed E-state index contributed by atoms with van der Waals surface area (Å²) in [7, 11) is 3.52. The van der Waals surface area contributed by atoms with E-state index in [0.717, 1.165) is 22.8 Å². The molecule has 0 atom stereocenters. The summed E-state index contributed by atoms with van der Waals surface area (Å²) in [5.74, 6) is 1.60. The summed E-state index contributed by atoms with van der Waals surface area (Å²) in [6.07, 6.45) is 0. The van der Waals surface area contributed by atoms with Crippen molar-refractivity contribution in [1.82, 2.24) is 10.5 Å². The summed E-state index contributed by atoms with van der Waals surface area (Å²) in [5.41, 5.74) is 1.89. The van der Waals surface area contributed by atoms with Crippen LogP contribution >= 0.6 is 0 Å². The van der Waals surface area contributed by atoms with E-state index in [1.54, 1.807) is 7.11 Å². The molecule has 0 bridgehead atoms. The normalized spacial score (nSPS) is 10.4. The number of benzene rings is 1. The maximum Gasteiger partial charge on any atom is 0.167 e. The second-order valence-corrected chi connectivity index (χ2v) is 3.44. The Morgan fingerprint density at radius 3 is 2.69 bits per heavy atom. The van der Waals surface area contributed by atoms with Crippen LogP contribution in [0, 0.1) is 0 Å². The van der Waals surface area contributed by atoms with Crippen LogP contribution in [0.5, 0.6) is 5.75 Å². The van der Waals surface area contributed by atoms with Crippen molar-refractivity contribution in [3.8, 4) is 17.1 Å². The second-order valence-electron chi connectivity index (χ2n) is 3.44. The van der Waals surface area contributed by atoms with Crippen LogP contribution in [0.15, 0.2) is 34.9 Å². The van der Waals surface area contributed by atoms with Crippen LogP contribution in [-0.4, -0.2) is 19.3 Å². The molecule has 2 aromatic rings. The van der Waals surface area contributed by atoms with Gasteiger partial charge >= 0.3 is 0 Å². The molecule has 1 aromatic carbocycles. The van der Waals surface area contributed by atoms with E-state index in [1.807, 2.05) is 37.4 Å². The van der Waals surface area contributed by atoms with Crippen LogP contribution in [0.4, 0.5) is 0 Å². The molecule has 16 heavy (non-hydrogen) atoms. The standard InChI is InChI=1S/C12H14N2O2/c1-13-8-10-7-12(16-14-10)9-3-5-11(15-2)6-4-9/h3-7,13H,8H2,1-2H3. The summed E-state index contributed by atoms with van der Waals surface area (Å²) in [5, 5.41) is 6.98. The highest BCUT2D eigenvalue weighted by Gasteiger charge is 2.05. The lowest BCUT2D eigenvalue weighted by molar-refractivity contribution is 0.414. The maximum absolute atomic E-state index is 5.25. The van der Waals surface area contributed by atoms with Crippen LogP contribution in [0.1, 0.15) is 5.69 Å². The van der Waals surface area contributed by atoms with E-state index in [2.05, 4.69) is 10.5 Å². The first-order chi connectivity index (χ1) is 7.83. The lowest BCUT2D eigenvalue weighted by atomic mass is 10.1. The largest absolute Gasteiger partial charge is 0.497 e. The second kappa shape index (κ2) is 4.81. The van der Waals surface area contributed by atoms with E-state index >= 15 is 0 Å². The molecule has 4 nitrogen and oxygen atoms in total. The zero-order valence-electron chi connectivity index (χ0n) is 9.36. The summed E-state index contributed by atoms with van der Waals surface area (Å²) in [6.45, 7) is 0.708. The lowest BCUT2D eigenvalue weighted by Gasteiger charge is -1.99. The highest BCUT2D eigenvalue weighted by Crippen LogP contribution is 2.22. The first-order valence-corrected chi connectivity index (χ1v) is 5.08. The molecule has 0 amide bonds. The average Bonchev–Trinajstić information content (AvgIpc) is 2.78. The van der Waals surface area contributed by atoms with Gasteiger partial charge in [0, 0.05) is 18.2 Å². The zero-order valence-corrected chi connectivity index (χ0v) is 9.36. The van der Waals surface area contributed by atoms with Crippen molar-refractivity contribution in [2.45, 2.75) is 6.54 Å². The summed E-state index contributed by atoms with van der Waals surface area (Å²) >= 11 is 0. The Labute approximate surface area is 94.2 Å². The average molecular weight is 218 g/mol. The molecule has 4 heteroatoms. The molecule has 1 heterocycles. The van der Waals surface area contributed by atoms with Gasteiger partial charge in [-0.25, -0.2) is 0 Å². The molecule has 0 radical (unpaired) electrons. The monoisotopic (exact) mass is 218 g/mol. The minimum atomic E-state index is 0.708. The zero-order chi connectivity index (χ0) is 11.4. The van der Waals surface area contributed by atoms with Crippen molar-refractivity contribution >= 4 is 0 Å². The molecule has 1 N–H and O–H groups in total. The van der Waals surface area contributed by atoms with E-state index in [9.17, 15) is 0 Å². The van der Waals surface area contributed by atoms with Crippen molar-refractivity contribution in [3.05, 3.63) is 36.0 Å². The number of hydrogen-bond acceptors (Lipinski definition) is 4.